The number of ether oxygens (including phenoxy) is 3. The lowest BCUT2D eigenvalue weighted by atomic mass is 10.0. The zero-order valence-corrected chi connectivity index (χ0v) is 20.4. The number of carbonyl (C=O) groups excluding carboxylic acids is 2. The maximum absolute atomic E-state index is 13.6. The van der Waals surface area contributed by atoms with Gasteiger partial charge in [-0.05, 0) is 30.4 Å². The molecule has 6 heteroatoms. The Hall–Kier alpha value is -3.22. The first kappa shape index (κ1) is 26.4. The molecule has 2 aromatic rings. The third-order valence-corrected chi connectivity index (χ3v) is 6.03. The highest BCUT2D eigenvalue weighted by molar-refractivity contribution is 5.96. The van der Waals surface area contributed by atoms with Crippen LogP contribution in [0.15, 0.2) is 86.0 Å². The second kappa shape index (κ2) is 13.6. The molecule has 3 rings (SSSR count). The summed E-state index contributed by atoms with van der Waals surface area (Å²) in [6.45, 7) is 10.3. The predicted molar refractivity (Wildman–Crippen MR) is 136 cm³/mol. The molecule has 4 atom stereocenters. The largest absolute Gasteiger partial charge is 0.447 e. The van der Waals surface area contributed by atoms with Gasteiger partial charge in [0.15, 0.2) is 0 Å². The number of amides is 2. The van der Waals surface area contributed by atoms with Crippen molar-refractivity contribution in [2.45, 2.75) is 63.6 Å². The van der Waals surface area contributed by atoms with Gasteiger partial charge in [-0.15, -0.1) is 13.2 Å². The molecule has 186 valence electrons. The van der Waals surface area contributed by atoms with Crippen molar-refractivity contribution in [2.24, 2.45) is 0 Å². The molecule has 35 heavy (non-hydrogen) atoms. The van der Waals surface area contributed by atoms with Crippen LogP contribution in [0.5, 0.6) is 0 Å². The third-order valence-electron chi connectivity index (χ3n) is 6.03. The summed E-state index contributed by atoms with van der Waals surface area (Å²) in [7, 11) is 0. The number of carbonyl (C=O) groups is 2. The highest BCUT2D eigenvalue weighted by Gasteiger charge is 2.42. The van der Waals surface area contributed by atoms with Crippen molar-refractivity contribution in [2.75, 3.05) is 6.61 Å². The standard InChI is InChI=1S/C29H35NO5/c1-4-13-26(25(6-3)33-20-23-17-11-8-12-18-23)35-27(14-5-2)28(31)30-24(21-34-29(30)32)19-22-15-9-7-10-16-22/h4-5,7-12,15-18,24-27H,1-2,6,13-14,19-21H2,3H3/t24-,25-,26-,27+/m1/s1. The summed E-state index contributed by atoms with van der Waals surface area (Å²) in [5, 5.41) is 0. The number of benzene rings is 2. The molecule has 0 aliphatic carbocycles. The van der Waals surface area contributed by atoms with Crippen LogP contribution in [-0.2, 0) is 32.0 Å². The number of rotatable bonds is 14. The fourth-order valence-corrected chi connectivity index (χ4v) is 4.22. The topological polar surface area (TPSA) is 65.1 Å². The first-order chi connectivity index (χ1) is 17.1. The average molecular weight is 478 g/mol. The smallest absolute Gasteiger partial charge is 0.417 e. The molecule has 1 saturated heterocycles. The van der Waals surface area contributed by atoms with Crippen LogP contribution >= 0.6 is 0 Å². The van der Waals surface area contributed by atoms with Crippen molar-refractivity contribution in [1.29, 1.82) is 0 Å². The Bertz CT molecular complexity index is 962. The van der Waals surface area contributed by atoms with Gasteiger partial charge in [0.25, 0.3) is 5.91 Å². The minimum absolute atomic E-state index is 0.161. The third kappa shape index (κ3) is 7.38. The fraction of sp³-hybridized carbons (Fsp3) is 0.379. The molecule has 0 aromatic heterocycles. The molecule has 1 fully saturated rings. The van der Waals surface area contributed by atoms with E-state index >= 15 is 0 Å². The van der Waals surface area contributed by atoms with Crippen molar-refractivity contribution in [3.63, 3.8) is 0 Å². The van der Waals surface area contributed by atoms with Crippen LogP contribution in [0.3, 0.4) is 0 Å². The molecule has 1 aliphatic rings. The van der Waals surface area contributed by atoms with Gasteiger partial charge in [0.2, 0.25) is 0 Å². The predicted octanol–water partition coefficient (Wildman–Crippen LogP) is 5.48. The quantitative estimate of drug-likeness (QED) is 0.337. The lowest BCUT2D eigenvalue weighted by Crippen LogP contribution is -2.48. The van der Waals surface area contributed by atoms with Gasteiger partial charge in [0, 0.05) is 6.42 Å². The second-order valence-electron chi connectivity index (χ2n) is 8.58. The summed E-state index contributed by atoms with van der Waals surface area (Å²) in [5.74, 6) is -0.416. The maximum atomic E-state index is 13.6. The number of imide groups is 1. The van der Waals surface area contributed by atoms with Crippen molar-refractivity contribution in [3.8, 4) is 0 Å². The molecule has 0 saturated carbocycles. The molecule has 1 aliphatic heterocycles. The van der Waals surface area contributed by atoms with Crippen LogP contribution in [0.4, 0.5) is 4.79 Å². The summed E-state index contributed by atoms with van der Waals surface area (Å²) in [5.41, 5.74) is 2.09. The minimum Gasteiger partial charge on any atom is -0.447 e. The fourth-order valence-electron chi connectivity index (χ4n) is 4.22. The van der Waals surface area contributed by atoms with E-state index in [1.807, 2.05) is 67.6 Å². The van der Waals surface area contributed by atoms with E-state index < -0.39 is 24.2 Å². The van der Waals surface area contributed by atoms with Gasteiger partial charge < -0.3 is 14.2 Å². The first-order valence-electron chi connectivity index (χ1n) is 12.1. The van der Waals surface area contributed by atoms with Gasteiger partial charge in [-0.2, -0.15) is 0 Å². The van der Waals surface area contributed by atoms with Crippen LogP contribution < -0.4 is 0 Å². The zero-order valence-electron chi connectivity index (χ0n) is 20.4. The second-order valence-corrected chi connectivity index (χ2v) is 8.58. The normalized spacial score (nSPS) is 17.9. The van der Waals surface area contributed by atoms with Crippen LogP contribution in [-0.4, -0.2) is 47.9 Å². The van der Waals surface area contributed by atoms with E-state index in [9.17, 15) is 9.59 Å². The highest BCUT2D eigenvalue weighted by Crippen LogP contribution is 2.23. The molecule has 2 aromatic carbocycles. The number of nitrogens with zero attached hydrogens (tertiary/aromatic N) is 1. The van der Waals surface area contributed by atoms with Crippen molar-refractivity contribution in [1.82, 2.24) is 4.90 Å². The van der Waals surface area contributed by atoms with Crippen LogP contribution in [0.2, 0.25) is 0 Å². The molecule has 6 nitrogen and oxygen atoms in total. The molecule has 0 unspecified atom stereocenters. The minimum atomic E-state index is -0.879. The summed E-state index contributed by atoms with van der Waals surface area (Å²) in [6.07, 6.45) is 3.21. The van der Waals surface area contributed by atoms with E-state index in [-0.39, 0.29) is 25.2 Å². The summed E-state index contributed by atoms with van der Waals surface area (Å²) in [4.78, 5) is 27.3. The Kier molecular flexibility index (Phi) is 10.3. The summed E-state index contributed by atoms with van der Waals surface area (Å²) < 4.78 is 17.8. The van der Waals surface area contributed by atoms with E-state index in [1.54, 1.807) is 12.2 Å². The lowest BCUT2D eigenvalue weighted by molar-refractivity contribution is -0.154. The lowest BCUT2D eigenvalue weighted by Gasteiger charge is -2.31. The van der Waals surface area contributed by atoms with Crippen molar-refractivity contribution < 1.29 is 23.8 Å². The molecule has 0 bridgehead atoms. The van der Waals surface area contributed by atoms with E-state index in [4.69, 9.17) is 14.2 Å². The molecule has 0 radical (unpaired) electrons. The zero-order chi connectivity index (χ0) is 25.0. The Morgan fingerprint density at radius 1 is 1.03 bits per heavy atom. The molecular weight excluding hydrogens is 442 g/mol. The molecule has 1 heterocycles. The number of cyclic esters (lactones) is 1. The Morgan fingerprint density at radius 2 is 1.66 bits per heavy atom. The van der Waals surface area contributed by atoms with Crippen LogP contribution in [0.25, 0.3) is 0 Å². The maximum Gasteiger partial charge on any atom is 0.417 e. The van der Waals surface area contributed by atoms with Crippen molar-refractivity contribution >= 4 is 12.0 Å². The number of hydrogen-bond acceptors (Lipinski definition) is 5. The van der Waals surface area contributed by atoms with Gasteiger partial charge in [-0.1, -0.05) is 79.7 Å². The van der Waals surface area contributed by atoms with Crippen LogP contribution in [0, 0.1) is 0 Å². The molecule has 2 amide bonds. The summed E-state index contributed by atoms with van der Waals surface area (Å²) in [6, 6.07) is 19.3. The molecule has 0 spiro atoms. The van der Waals surface area contributed by atoms with Gasteiger partial charge in [-0.3, -0.25) is 4.79 Å². The Morgan fingerprint density at radius 3 is 2.26 bits per heavy atom. The first-order valence-corrected chi connectivity index (χ1v) is 12.1. The number of hydrogen-bond donors (Lipinski definition) is 0. The van der Waals surface area contributed by atoms with Gasteiger partial charge in [0.1, 0.15) is 12.7 Å². The van der Waals surface area contributed by atoms with E-state index in [2.05, 4.69) is 13.2 Å². The molecular formula is C29H35NO5. The van der Waals surface area contributed by atoms with Gasteiger partial charge in [-0.25, -0.2) is 9.69 Å². The SMILES string of the molecule is C=CC[C@H](O[C@H](CC=C)[C@@H](CC)OCc1ccccc1)C(=O)N1C(=O)OC[C@H]1Cc1ccccc1. The highest BCUT2D eigenvalue weighted by atomic mass is 16.6. The van der Waals surface area contributed by atoms with E-state index in [1.165, 1.54) is 4.90 Å². The van der Waals surface area contributed by atoms with Gasteiger partial charge >= 0.3 is 6.09 Å². The summed E-state index contributed by atoms with van der Waals surface area (Å²) >= 11 is 0. The van der Waals surface area contributed by atoms with E-state index in [0.717, 1.165) is 11.1 Å². The van der Waals surface area contributed by atoms with Crippen LogP contribution in [0.1, 0.15) is 37.3 Å². The monoisotopic (exact) mass is 477 g/mol. The Balaban J connectivity index is 1.73. The van der Waals surface area contributed by atoms with E-state index in [0.29, 0.717) is 25.9 Å². The molecule has 0 N–H and O–H groups in total. The Labute approximate surface area is 208 Å². The van der Waals surface area contributed by atoms with Crippen molar-refractivity contribution in [3.05, 3.63) is 97.1 Å². The van der Waals surface area contributed by atoms with Gasteiger partial charge in [0.05, 0.1) is 24.9 Å². The average Bonchev–Trinajstić information content (AvgIpc) is 3.24.